The van der Waals surface area contributed by atoms with E-state index in [9.17, 15) is 5.26 Å². The molecule has 1 aliphatic carbocycles. The smallest absolute Gasteiger partial charge is 0.160 e. The van der Waals surface area contributed by atoms with Crippen LogP contribution in [0.15, 0.2) is 18.2 Å². The van der Waals surface area contributed by atoms with E-state index in [1.54, 1.807) is 14.2 Å². The van der Waals surface area contributed by atoms with Crippen molar-refractivity contribution >= 4 is 0 Å². The minimum atomic E-state index is -0.295. The lowest BCUT2D eigenvalue weighted by Gasteiger charge is -2.22. The molecule has 0 aliphatic heterocycles. The van der Waals surface area contributed by atoms with Crippen LogP contribution in [0.25, 0.3) is 0 Å². The lowest BCUT2D eigenvalue weighted by atomic mass is 9.99. The molecule has 4 heteroatoms. The van der Waals surface area contributed by atoms with E-state index >= 15 is 0 Å². The van der Waals surface area contributed by atoms with Crippen molar-refractivity contribution in [1.82, 2.24) is 5.32 Å². The van der Waals surface area contributed by atoms with Gasteiger partial charge in [-0.1, -0.05) is 18.9 Å². The summed E-state index contributed by atoms with van der Waals surface area (Å²) < 4.78 is 10.5. The first-order valence-electron chi connectivity index (χ1n) is 7.10. The standard InChI is InChI=1S/C16H22N2O2/c1-19-14-6-5-13(11-15(14)20-2)7-10-18-16(12-17)8-3-4-9-16/h5-6,11,18H,3-4,7-10H2,1-2H3. The molecule has 0 unspecified atom stereocenters. The molecule has 1 aromatic rings. The summed E-state index contributed by atoms with van der Waals surface area (Å²) in [5.74, 6) is 1.49. The van der Waals surface area contributed by atoms with Crippen molar-refractivity contribution in [1.29, 1.82) is 5.26 Å². The molecular formula is C16H22N2O2. The van der Waals surface area contributed by atoms with Gasteiger partial charge < -0.3 is 9.47 Å². The number of benzene rings is 1. The van der Waals surface area contributed by atoms with Crippen molar-refractivity contribution < 1.29 is 9.47 Å². The Bertz CT molecular complexity index is 488. The van der Waals surface area contributed by atoms with Gasteiger partial charge in [0, 0.05) is 6.54 Å². The van der Waals surface area contributed by atoms with Gasteiger partial charge in [-0.3, -0.25) is 5.32 Å². The minimum Gasteiger partial charge on any atom is -0.493 e. The molecule has 0 atom stereocenters. The van der Waals surface area contributed by atoms with Gasteiger partial charge in [0.05, 0.1) is 20.3 Å². The summed E-state index contributed by atoms with van der Waals surface area (Å²) in [4.78, 5) is 0. The van der Waals surface area contributed by atoms with Crippen LogP contribution in [0.2, 0.25) is 0 Å². The minimum absolute atomic E-state index is 0.295. The zero-order valence-corrected chi connectivity index (χ0v) is 12.2. The number of methoxy groups -OCH3 is 2. The Kier molecular flexibility index (Phi) is 4.86. The van der Waals surface area contributed by atoms with Crippen molar-refractivity contribution in [2.45, 2.75) is 37.6 Å². The van der Waals surface area contributed by atoms with E-state index in [1.807, 2.05) is 18.2 Å². The van der Waals surface area contributed by atoms with Gasteiger partial charge in [0.15, 0.2) is 11.5 Å². The first kappa shape index (κ1) is 14.7. The Labute approximate surface area is 120 Å². The Hall–Kier alpha value is -1.73. The zero-order chi connectivity index (χ0) is 14.4. The van der Waals surface area contributed by atoms with Crippen LogP contribution >= 0.6 is 0 Å². The average Bonchev–Trinajstić information content (AvgIpc) is 2.96. The molecule has 1 fully saturated rings. The fraction of sp³-hybridized carbons (Fsp3) is 0.562. The molecule has 1 aliphatic rings. The third-order valence-electron chi connectivity index (χ3n) is 4.00. The summed E-state index contributed by atoms with van der Waals surface area (Å²) in [6.07, 6.45) is 5.11. The average molecular weight is 274 g/mol. The van der Waals surface area contributed by atoms with Gasteiger partial charge in [0.1, 0.15) is 5.54 Å². The lowest BCUT2D eigenvalue weighted by Crippen LogP contribution is -2.42. The molecule has 108 valence electrons. The van der Waals surface area contributed by atoms with Crippen molar-refractivity contribution in [2.75, 3.05) is 20.8 Å². The maximum absolute atomic E-state index is 9.32. The van der Waals surface area contributed by atoms with Crippen molar-refractivity contribution in [3.05, 3.63) is 23.8 Å². The molecule has 0 bridgehead atoms. The molecule has 0 amide bonds. The molecule has 1 saturated carbocycles. The van der Waals surface area contributed by atoms with Gasteiger partial charge in [-0.15, -0.1) is 0 Å². The van der Waals surface area contributed by atoms with Gasteiger partial charge in [0.25, 0.3) is 0 Å². The van der Waals surface area contributed by atoms with Gasteiger partial charge in [-0.2, -0.15) is 5.26 Å². The van der Waals surface area contributed by atoms with E-state index in [2.05, 4.69) is 11.4 Å². The highest BCUT2D eigenvalue weighted by Crippen LogP contribution is 2.29. The molecule has 0 heterocycles. The van der Waals surface area contributed by atoms with Gasteiger partial charge in [-0.25, -0.2) is 0 Å². The van der Waals surface area contributed by atoms with Crippen LogP contribution in [0.5, 0.6) is 11.5 Å². The summed E-state index contributed by atoms with van der Waals surface area (Å²) in [7, 11) is 3.28. The predicted octanol–water partition coefficient (Wildman–Crippen LogP) is 2.67. The molecule has 1 N–H and O–H groups in total. The molecule has 0 spiro atoms. The van der Waals surface area contributed by atoms with Gasteiger partial charge >= 0.3 is 0 Å². The largest absolute Gasteiger partial charge is 0.493 e. The number of nitriles is 1. The topological polar surface area (TPSA) is 54.3 Å². The Morgan fingerprint density at radius 1 is 1.20 bits per heavy atom. The van der Waals surface area contributed by atoms with E-state index in [1.165, 1.54) is 5.56 Å². The van der Waals surface area contributed by atoms with E-state index < -0.39 is 0 Å². The second-order valence-electron chi connectivity index (χ2n) is 5.27. The zero-order valence-electron chi connectivity index (χ0n) is 12.2. The second kappa shape index (κ2) is 6.62. The van der Waals surface area contributed by atoms with E-state index in [0.717, 1.165) is 50.1 Å². The van der Waals surface area contributed by atoms with Gasteiger partial charge in [-0.05, 0) is 37.0 Å². The molecule has 4 nitrogen and oxygen atoms in total. The molecular weight excluding hydrogens is 252 g/mol. The van der Waals surface area contributed by atoms with E-state index in [4.69, 9.17) is 9.47 Å². The van der Waals surface area contributed by atoms with E-state index in [-0.39, 0.29) is 5.54 Å². The monoisotopic (exact) mass is 274 g/mol. The van der Waals surface area contributed by atoms with Crippen molar-refractivity contribution in [2.24, 2.45) is 0 Å². The number of hydrogen-bond donors (Lipinski definition) is 1. The van der Waals surface area contributed by atoms with Crippen LogP contribution in [0.1, 0.15) is 31.2 Å². The maximum atomic E-state index is 9.32. The number of ether oxygens (including phenoxy) is 2. The Morgan fingerprint density at radius 2 is 1.90 bits per heavy atom. The van der Waals surface area contributed by atoms with Crippen LogP contribution in [-0.2, 0) is 6.42 Å². The number of nitrogens with zero attached hydrogens (tertiary/aromatic N) is 1. The molecule has 0 saturated heterocycles. The SMILES string of the molecule is COc1ccc(CCNC2(C#N)CCCC2)cc1OC. The highest BCUT2D eigenvalue weighted by atomic mass is 16.5. The molecule has 0 aromatic heterocycles. The first-order valence-corrected chi connectivity index (χ1v) is 7.10. The quantitative estimate of drug-likeness (QED) is 0.866. The fourth-order valence-corrected chi connectivity index (χ4v) is 2.79. The normalized spacial score (nSPS) is 16.6. The molecule has 20 heavy (non-hydrogen) atoms. The number of hydrogen-bond acceptors (Lipinski definition) is 4. The third-order valence-corrected chi connectivity index (χ3v) is 4.00. The van der Waals surface area contributed by atoms with E-state index in [0.29, 0.717) is 0 Å². The Balaban J connectivity index is 1.93. The second-order valence-corrected chi connectivity index (χ2v) is 5.27. The van der Waals surface area contributed by atoms with Crippen LogP contribution in [-0.4, -0.2) is 26.3 Å². The van der Waals surface area contributed by atoms with Crippen LogP contribution in [0, 0.1) is 11.3 Å². The van der Waals surface area contributed by atoms with Crippen molar-refractivity contribution in [3.8, 4) is 17.6 Å². The highest BCUT2D eigenvalue weighted by Gasteiger charge is 2.32. The number of nitrogens with one attached hydrogen (secondary N) is 1. The Morgan fingerprint density at radius 3 is 2.50 bits per heavy atom. The molecule has 2 rings (SSSR count). The summed E-state index contributed by atoms with van der Waals surface area (Å²) in [6.45, 7) is 0.809. The summed E-state index contributed by atoms with van der Waals surface area (Å²) in [6, 6.07) is 8.40. The predicted molar refractivity (Wildman–Crippen MR) is 78.1 cm³/mol. The lowest BCUT2D eigenvalue weighted by molar-refractivity contribution is 0.354. The van der Waals surface area contributed by atoms with Crippen LogP contribution < -0.4 is 14.8 Å². The summed E-state index contributed by atoms with van der Waals surface area (Å²) in [5, 5.41) is 12.7. The van der Waals surface area contributed by atoms with Crippen LogP contribution in [0.4, 0.5) is 0 Å². The first-order chi connectivity index (χ1) is 9.73. The fourth-order valence-electron chi connectivity index (χ4n) is 2.79. The molecule has 1 aromatic carbocycles. The van der Waals surface area contributed by atoms with Crippen molar-refractivity contribution in [3.63, 3.8) is 0 Å². The summed E-state index contributed by atoms with van der Waals surface area (Å²) >= 11 is 0. The molecule has 0 radical (unpaired) electrons. The third kappa shape index (κ3) is 3.23. The number of rotatable bonds is 6. The highest BCUT2D eigenvalue weighted by molar-refractivity contribution is 5.42. The maximum Gasteiger partial charge on any atom is 0.160 e. The summed E-state index contributed by atoms with van der Waals surface area (Å²) in [5.41, 5.74) is 0.887. The van der Waals surface area contributed by atoms with Crippen LogP contribution in [0.3, 0.4) is 0 Å². The van der Waals surface area contributed by atoms with Gasteiger partial charge in [0.2, 0.25) is 0 Å².